The van der Waals surface area contributed by atoms with Gasteiger partial charge in [-0.15, -0.1) is 0 Å². The second-order valence-corrected chi connectivity index (χ2v) is 15.0. The summed E-state index contributed by atoms with van der Waals surface area (Å²) in [6.07, 6.45) is 6.39. The van der Waals surface area contributed by atoms with Crippen molar-refractivity contribution in [3.63, 3.8) is 0 Å². The lowest BCUT2D eigenvalue weighted by atomic mass is 9.68. The molecular weight excluding hydrogens is 671 g/mol. The van der Waals surface area contributed by atoms with Crippen LogP contribution in [0.3, 0.4) is 0 Å². The van der Waals surface area contributed by atoms with Gasteiger partial charge in [0.15, 0.2) is 17.5 Å². The molecule has 0 saturated heterocycles. The smallest absolute Gasteiger partial charge is 0.164 e. The molecule has 4 heteroatoms. The van der Waals surface area contributed by atoms with Crippen LogP contribution < -0.4 is 0 Å². The number of aromatic nitrogens is 3. The van der Waals surface area contributed by atoms with Crippen molar-refractivity contribution in [2.75, 3.05) is 0 Å². The van der Waals surface area contributed by atoms with Crippen molar-refractivity contribution in [2.24, 2.45) is 0 Å². The molecule has 11 rings (SSSR count). The molecule has 7 aromatic carbocycles. The molecule has 9 aromatic rings. The van der Waals surface area contributed by atoms with Crippen LogP contribution in [0.25, 0.3) is 89.5 Å². The number of benzene rings is 7. The van der Waals surface area contributed by atoms with Crippen LogP contribution in [-0.2, 0) is 5.41 Å². The Morgan fingerprint density at radius 3 is 1.84 bits per heavy atom. The fourth-order valence-electron chi connectivity index (χ4n) is 9.42. The molecule has 2 aliphatic carbocycles. The number of hydrogen-bond donors (Lipinski definition) is 0. The Morgan fingerprint density at radius 1 is 0.400 bits per heavy atom. The molecule has 1 spiro atoms. The highest BCUT2D eigenvalue weighted by Gasteiger charge is 2.44. The normalized spacial score (nSPS) is 14.3. The maximum absolute atomic E-state index is 6.23. The summed E-state index contributed by atoms with van der Waals surface area (Å²) >= 11 is 0. The predicted octanol–water partition coefficient (Wildman–Crippen LogP) is 13.3. The first-order valence-electron chi connectivity index (χ1n) is 19.4. The van der Waals surface area contributed by atoms with Crippen molar-refractivity contribution in [1.29, 1.82) is 0 Å². The van der Waals surface area contributed by atoms with E-state index in [4.69, 9.17) is 19.4 Å². The highest BCUT2D eigenvalue weighted by molar-refractivity contribution is 6.11. The van der Waals surface area contributed by atoms with E-state index in [1.165, 1.54) is 71.0 Å². The summed E-state index contributed by atoms with van der Waals surface area (Å²) in [5.74, 6) is 1.88. The summed E-state index contributed by atoms with van der Waals surface area (Å²) in [7, 11) is 0. The van der Waals surface area contributed by atoms with Gasteiger partial charge in [0.2, 0.25) is 0 Å². The van der Waals surface area contributed by atoms with Gasteiger partial charge in [-0.05, 0) is 75.5 Å². The lowest BCUT2D eigenvalue weighted by Crippen LogP contribution is -2.27. The van der Waals surface area contributed by atoms with E-state index in [0.717, 1.165) is 44.2 Å². The highest BCUT2D eigenvalue weighted by Crippen LogP contribution is 2.57. The first-order chi connectivity index (χ1) is 27.2. The average Bonchev–Trinajstić information content (AvgIpc) is 3.78. The molecule has 0 amide bonds. The number of para-hydroxylation sites is 1. The van der Waals surface area contributed by atoms with E-state index in [1.807, 2.05) is 60.7 Å². The number of rotatable bonds is 5. The molecule has 2 aromatic heterocycles. The first kappa shape index (κ1) is 31.8. The van der Waals surface area contributed by atoms with Gasteiger partial charge >= 0.3 is 0 Å². The van der Waals surface area contributed by atoms with Crippen molar-refractivity contribution in [3.8, 4) is 67.5 Å². The molecule has 2 heterocycles. The lowest BCUT2D eigenvalue weighted by molar-refractivity contribution is 0.353. The third-order valence-corrected chi connectivity index (χ3v) is 12.0. The summed E-state index contributed by atoms with van der Waals surface area (Å²) in [6.45, 7) is 0. The maximum atomic E-state index is 6.23. The zero-order chi connectivity index (χ0) is 36.3. The van der Waals surface area contributed by atoms with Crippen molar-refractivity contribution < 1.29 is 4.42 Å². The van der Waals surface area contributed by atoms with Crippen LogP contribution in [0.5, 0.6) is 0 Å². The highest BCUT2D eigenvalue weighted by atomic mass is 16.3. The van der Waals surface area contributed by atoms with Crippen LogP contribution in [0, 0.1) is 0 Å². The monoisotopic (exact) mass is 707 g/mol. The van der Waals surface area contributed by atoms with Crippen LogP contribution in [0.2, 0.25) is 0 Å². The number of hydrogen-bond acceptors (Lipinski definition) is 4. The standard InChI is InChI=1S/C51H37N3O/c1-3-14-34(15-4-1)48-52-49(54-50(53-48)41-21-13-25-45-47(41)40-19-6-8-24-44(40)55-45)35-28-26-33(27-29-35)36-16-11-17-37(32-36)38-20-12-23-43-46(38)39-18-5-7-22-42(39)51(43)30-9-2-10-31-51/h1,3-8,11-29,32H,2,9-10,30-31H2. The van der Waals surface area contributed by atoms with Gasteiger partial charge in [-0.2, -0.15) is 0 Å². The molecule has 0 aliphatic heterocycles. The number of nitrogens with zero attached hydrogens (tertiary/aromatic N) is 3. The quantitative estimate of drug-likeness (QED) is 0.179. The van der Waals surface area contributed by atoms with Crippen molar-refractivity contribution in [2.45, 2.75) is 37.5 Å². The Labute approximate surface area is 320 Å². The van der Waals surface area contributed by atoms with E-state index in [0.29, 0.717) is 17.5 Å². The van der Waals surface area contributed by atoms with Crippen LogP contribution >= 0.6 is 0 Å². The average molecular weight is 708 g/mol. The second kappa shape index (κ2) is 12.7. The minimum Gasteiger partial charge on any atom is -0.456 e. The lowest BCUT2D eigenvalue weighted by Gasteiger charge is -2.36. The van der Waals surface area contributed by atoms with Crippen LogP contribution in [0.15, 0.2) is 168 Å². The minimum absolute atomic E-state index is 0.141. The Kier molecular flexibility index (Phi) is 7.38. The van der Waals surface area contributed by atoms with Gasteiger partial charge in [-0.1, -0.05) is 165 Å². The van der Waals surface area contributed by atoms with Crippen LogP contribution in [0.1, 0.15) is 43.2 Å². The molecular formula is C51H37N3O. The zero-order valence-corrected chi connectivity index (χ0v) is 30.4. The SMILES string of the molecule is c1ccc(-c2nc(-c3ccc(-c4cccc(-c5cccc6c5-c5ccccc5C65CCCCC5)c4)cc3)nc(-c3cccc4oc5ccccc5c34)n2)cc1. The molecule has 1 fully saturated rings. The van der Waals surface area contributed by atoms with Gasteiger partial charge < -0.3 is 4.42 Å². The summed E-state index contributed by atoms with van der Waals surface area (Å²) in [6, 6.07) is 58.2. The van der Waals surface area contributed by atoms with E-state index in [-0.39, 0.29) is 5.41 Å². The molecule has 0 atom stereocenters. The maximum Gasteiger partial charge on any atom is 0.164 e. The third kappa shape index (κ3) is 5.16. The molecule has 1 saturated carbocycles. The third-order valence-electron chi connectivity index (χ3n) is 12.0. The van der Waals surface area contributed by atoms with Crippen molar-refractivity contribution in [3.05, 3.63) is 175 Å². The molecule has 262 valence electrons. The van der Waals surface area contributed by atoms with Crippen LogP contribution in [0.4, 0.5) is 0 Å². The summed E-state index contributed by atoms with van der Waals surface area (Å²) in [5.41, 5.74) is 15.4. The van der Waals surface area contributed by atoms with Gasteiger partial charge in [-0.25, -0.2) is 15.0 Å². The van der Waals surface area contributed by atoms with Crippen LogP contribution in [-0.4, -0.2) is 15.0 Å². The number of fused-ring (bicyclic) bond motifs is 8. The molecule has 0 radical (unpaired) electrons. The Hall–Kier alpha value is -6.65. The molecule has 0 N–H and O–H groups in total. The molecule has 0 unspecified atom stereocenters. The fraction of sp³-hybridized carbons (Fsp3) is 0.118. The van der Waals surface area contributed by atoms with E-state index in [9.17, 15) is 0 Å². The van der Waals surface area contributed by atoms with Gasteiger partial charge in [0.1, 0.15) is 11.2 Å². The summed E-state index contributed by atoms with van der Waals surface area (Å²) in [4.78, 5) is 15.2. The molecule has 0 bridgehead atoms. The second-order valence-electron chi connectivity index (χ2n) is 15.0. The van der Waals surface area contributed by atoms with Gasteiger partial charge in [0.25, 0.3) is 0 Å². The molecule has 4 nitrogen and oxygen atoms in total. The predicted molar refractivity (Wildman–Crippen MR) is 224 cm³/mol. The first-order valence-corrected chi connectivity index (χ1v) is 19.4. The van der Waals surface area contributed by atoms with E-state index >= 15 is 0 Å². The summed E-state index contributed by atoms with van der Waals surface area (Å²) in [5, 5.41) is 2.05. The molecule has 55 heavy (non-hydrogen) atoms. The number of furan rings is 1. The van der Waals surface area contributed by atoms with Gasteiger partial charge in [0.05, 0.1) is 0 Å². The zero-order valence-electron chi connectivity index (χ0n) is 30.4. The Balaban J connectivity index is 0.990. The topological polar surface area (TPSA) is 51.8 Å². The van der Waals surface area contributed by atoms with E-state index < -0.39 is 0 Å². The van der Waals surface area contributed by atoms with Gasteiger partial charge in [0, 0.05) is 32.9 Å². The Morgan fingerprint density at radius 2 is 0.982 bits per heavy atom. The van der Waals surface area contributed by atoms with E-state index in [2.05, 4.69) is 103 Å². The molecule has 2 aliphatic rings. The fourth-order valence-corrected chi connectivity index (χ4v) is 9.42. The van der Waals surface area contributed by atoms with Gasteiger partial charge in [-0.3, -0.25) is 0 Å². The van der Waals surface area contributed by atoms with Crippen molar-refractivity contribution >= 4 is 21.9 Å². The van der Waals surface area contributed by atoms with Crippen molar-refractivity contribution in [1.82, 2.24) is 15.0 Å². The Bertz CT molecular complexity index is 2900. The van der Waals surface area contributed by atoms with E-state index in [1.54, 1.807) is 0 Å². The largest absolute Gasteiger partial charge is 0.456 e. The summed E-state index contributed by atoms with van der Waals surface area (Å²) < 4.78 is 6.23. The minimum atomic E-state index is 0.141.